The van der Waals surface area contributed by atoms with E-state index in [-0.39, 0.29) is 0 Å². The van der Waals surface area contributed by atoms with Gasteiger partial charge in [-0.15, -0.1) is 0 Å². The zero-order chi connectivity index (χ0) is 12.5. The summed E-state index contributed by atoms with van der Waals surface area (Å²) in [5.74, 6) is -0.438. The number of hydrogen-bond donors (Lipinski definition) is 1. The predicted octanol–water partition coefficient (Wildman–Crippen LogP) is 1.50. The maximum Gasteiger partial charge on any atom is 0.249 e. The molecule has 0 aliphatic carbocycles. The van der Waals surface area contributed by atoms with Gasteiger partial charge in [0.15, 0.2) is 5.65 Å². The van der Waals surface area contributed by atoms with Crippen LogP contribution in [0.4, 0.5) is 0 Å². The molecule has 0 fully saturated rings. The highest BCUT2D eigenvalue weighted by atomic mass is 16.1. The first-order chi connectivity index (χ1) is 8.75. The first-order valence-corrected chi connectivity index (χ1v) is 5.44. The van der Waals surface area contributed by atoms with E-state index >= 15 is 0 Å². The molecule has 1 amide bonds. The van der Waals surface area contributed by atoms with E-state index in [0.29, 0.717) is 5.56 Å². The molecule has 2 N–H and O–H groups in total. The molecule has 3 aromatic rings. The minimum Gasteiger partial charge on any atom is -0.366 e. The van der Waals surface area contributed by atoms with Crippen molar-refractivity contribution >= 4 is 11.6 Å². The van der Waals surface area contributed by atoms with Gasteiger partial charge in [-0.3, -0.25) is 4.79 Å². The average Bonchev–Trinajstić information content (AvgIpc) is 2.85. The lowest BCUT2D eigenvalue weighted by molar-refractivity contribution is 0.100. The van der Waals surface area contributed by atoms with Crippen LogP contribution in [0.1, 0.15) is 10.4 Å². The Kier molecular flexibility index (Phi) is 2.30. The van der Waals surface area contributed by atoms with Gasteiger partial charge in [-0.05, 0) is 29.3 Å². The molecular weight excluding hydrogens is 228 g/mol. The highest BCUT2D eigenvalue weighted by molar-refractivity contribution is 5.99. The van der Waals surface area contributed by atoms with Crippen molar-refractivity contribution in [3.8, 4) is 11.1 Å². The fraction of sp³-hybridized carbons (Fsp3) is 0. The molecule has 0 aliphatic rings. The van der Waals surface area contributed by atoms with Gasteiger partial charge in [0, 0.05) is 11.8 Å². The van der Waals surface area contributed by atoms with Crippen LogP contribution in [-0.2, 0) is 0 Å². The first kappa shape index (κ1) is 10.5. The average molecular weight is 238 g/mol. The second-order valence-corrected chi connectivity index (χ2v) is 3.89. The van der Waals surface area contributed by atoms with Crippen molar-refractivity contribution in [1.82, 2.24) is 14.6 Å². The van der Waals surface area contributed by atoms with Crippen LogP contribution in [0.3, 0.4) is 0 Å². The minimum absolute atomic E-state index is 0.438. The quantitative estimate of drug-likeness (QED) is 0.735. The van der Waals surface area contributed by atoms with Gasteiger partial charge >= 0.3 is 0 Å². The second-order valence-electron chi connectivity index (χ2n) is 3.89. The zero-order valence-electron chi connectivity index (χ0n) is 9.45. The lowest BCUT2D eigenvalue weighted by atomic mass is 10.0. The van der Waals surface area contributed by atoms with Crippen LogP contribution in [-0.4, -0.2) is 20.5 Å². The summed E-state index contributed by atoms with van der Waals surface area (Å²) in [5, 5.41) is 4.02. The SMILES string of the molecule is NC(=O)c1ccccc1-c1ccn2ncnc2c1. The van der Waals surface area contributed by atoms with Crippen LogP contribution >= 0.6 is 0 Å². The maximum absolute atomic E-state index is 11.4. The second kappa shape index (κ2) is 3.96. The van der Waals surface area contributed by atoms with Crippen LogP contribution < -0.4 is 5.73 Å². The van der Waals surface area contributed by atoms with E-state index in [2.05, 4.69) is 10.1 Å². The molecule has 0 spiro atoms. The summed E-state index contributed by atoms with van der Waals surface area (Å²) in [6.45, 7) is 0. The summed E-state index contributed by atoms with van der Waals surface area (Å²) in [7, 11) is 0. The molecule has 5 nitrogen and oxygen atoms in total. The summed E-state index contributed by atoms with van der Waals surface area (Å²) in [4.78, 5) is 15.5. The molecule has 1 aromatic carbocycles. The van der Waals surface area contributed by atoms with Crippen molar-refractivity contribution in [3.63, 3.8) is 0 Å². The zero-order valence-corrected chi connectivity index (χ0v) is 9.45. The van der Waals surface area contributed by atoms with E-state index in [1.54, 1.807) is 22.8 Å². The lowest BCUT2D eigenvalue weighted by Gasteiger charge is -2.06. The van der Waals surface area contributed by atoms with Gasteiger partial charge in [-0.25, -0.2) is 9.50 Å². The maximum atomic E-state index is 11.4. The van der Waals surface area contributed by atoms with Gasteiger partial charge in [-0.2, -0.15) is 5.10 Å². The third-order valence-corrected chi connectivity index (χ3v) is 2.78. The summed E-state index contributed by atoms with van der Waals surface area (Å²) < 4.78 is 1.66. The smallest absolute Gasteiger partial charge is 0.249 e. The van der Waals surface area contributed by atoms with Gasteiger partial charge < -0.3 is 5.73 Å². The first-order valence-electron chi connectivity index (χ1n) is 5.44. The Morgan fingerprint density at radius 1 is 1.22 bits per heavy atom. The van der Waals surface area contributed by atoms with E-state index < -0.39 is 5.91 Å². The number of carbonyl (C=O) groups is 1. The molecule has 0 aliphatic heterocycles. The molecule has 2 heterocycles. The molecule has 18 heavy (non-hydrogen) atoms. The van der Waals surface area contributed by atoms with Crippen LogP contribution in [0.15, 0.2) is 48.9 Å². The number of nitrogens with two attached hydrogens (primary N) is 1. The summed E-state index contributed by atoms with van der Waals surface area (Å²) >= 11 is 0. The Hall–Kier alpha value is -2.69. The number of primary amides is 1. The number of pyridine rings is 1. The number of amides is 1. The number of hydrogen-bond acceptors (Lipinski definition) is 3. The molecule has 3 rings (SSSR count). The van der Waals surface area contributed by atoms with Crippen molar-refractivity contribution in [3.05, 3.63) is 54.5 Å². The van der Waals surface area contributed by atoms with E-state index in [0.717, 1.165) is 16.8 Å². The molecule has 5 heteroatoms. The normalized spacial score (nSPS) is 10.7. The molecule has 0 radical (unpaired) electrons. The molecule has 88 valence electrons. The van der Waals surface area contributed by atoms with Crippen molar-refractivity contribution in [1.29, 1.82) is 0 Å². The van der Waals surface area contributed by atoms with Gasteiger partial charge in [-0.1, -0.05) is 18.2 Å². The highest BCUT2D eigenvalue weighted by Gasteiger charge is 2.09. The monoisotopic (exact) mass is 238 g/mol. The molecule has 2 aromatic heterocycles. The number of fused-ring (bicyclic) bond motifs is 1. The Balaban J connectivity index is 2.22. The van der Waals surface area contributed by atoms with Crippen molar-refractivity contribution < 1.29 is 4.79 Å². The van der Waals surface area contributed by atoms with E-state index in [1.165, 1.54) is 6.33 Å². The van der Waals surface area contributed by atoms with Gasteiger partial charge in [0.1, 0.15) is 6.33 Å². The van der Waals surface area contributed by atoms with E-state index in [1.807, 2.05) is 24.3 Å². The molecule has 0 saturated carbocycles. The van der Waals surface area contributed by atoms with Crippen LogP contribution in [0, 0.1) is 0 Å². The molecule has 0 saturated heterocycles. The molecular formula is C13H10N4O. The standard InChI is InChI=1S/C13H10N4O/c14-13(18)11-4-2-1-3-10(11)9-5-6-17-12(7-9)15-8-16-17/h1-8H,(H2,14,18). The largest absolute Gasteiger partial charge is 0.366 e. The third kappa shape index (κ3) is 1.62. The van der Waals surface area contributed by atoms with Gasteiger partial charge in [0.25, 0.3) is 0 Å². The van der Waals surface area contributed by atoms with E-state index in [9.17, 15) is 4.79 Å². The van der Waals surface area contributed by atoms with Crippen LogP contribution in [0.2, 0.25) is 0 Å². The van der Waals surface area contributed by atoms with Gasteiger partial charge in [0.05, 0.1) is 0 Å². The van der Waals surface area contributed by atoms with E-state index in [4.69, 9.17) is 5.73 Å². The lowest BCUT2D eigenvalue weighted by Crippen LogP contribution is -2.12. The van der Waals surface area contributed by atoms with Crippen molar-refractivity contribution in [2.24, 2.45) is 5.73 Å². The van der Waals surface area contributed by atoms with Crippen LogP contribution in [0.25, 0.3) is 16.8 Å². The Bertz CT molecular complexity index is 732. The van der Waals surface area contributed by atoms with Crippen LogP contribution in [0.5, 0.6) is 0 Å². The summed E-state index contributed by atoms with van der Waals surface area (Å²) in [5.41, 5.74) is 8.30. The van der Waals surface area contributed by atoms with Crippen molar-refractivity contribution in [2.45, 2.75) is 0 Å². The number of nitrogens with zero attached hydrogens (tertiary/aromatic N) is 3. The fourth-order valence-corrected chi connectivity index (χ4v) is 1.93. The Labute approximate surface area is 103 Å². The molecule has 0 bridgehead atoms. The van der Waals surface area contributed by atoms with Crippen molar-refractivity contribution in [2.75, 3.05) is 0 Å². The predicted molar refractivity (Wildman–Crippen MR) is 66.9 cm³/mol. The summed E-state index contributed by atoms with van der Waals surface area (Å²) in [6, 6.07) is 11.0. The summed E-state index contributed by atoms with van der Waals surface area (Å²) in [6.07, 6.45) is 3.29. The fourth-order valence-electron chi connectivity index (χ4n) is 1.93. The number of rotatable bonds is 2. The third-order valence-electron chi connectivity index (χ3n) is 2.78. The highest BCUT2D eigenvalue weighted by Crippen LogP contribution is 2.23. The molecule has 0 atom stereocenters. The Morgan fingerprint density at radius 2 is 2.06 bits per heavy atom. The number of benzene rings is 1. The van der Waals surface area contributed by atoms with Gasteiger partial charge in [0.2, 0.25) is 5.91 Å². The number of carbonyl (C=O) groups excluding carboxylic acids is 1. The topological polar surface area (TPSA) is 73.3 Å². The molecule has 0 unspecified atom stereocenters. The Morgan fingerprint density at radius 3 is 2.89 bits per heavy atom. The number of aromatic nitrogens is 3. The minimum atomic E-state index is -0.438.